The van der Waals surface area contributed by atoms with Crippen molar-refractivity contribution in [1.29, 1.82) is 0 Å². The van der Waals surface area contributed by atoms with Crippen molar-refractivity contribution in [2.24, 2.45) is 0 Å². The van der Waals surface area contributed by atoms with E-state index in [0.717, 1.165) is 4.90 Å². The van der Waals surface area contributed by atoms with E-state index in [1.54, 1.807) is 54.6 Å². The van der Waals surface area contributed by atoms with Crippen LogP contribution in [0.5, 0.6) is 0 Å². The third-order valence-corrected chi connectivity index (χ3v) is 7.22. The summed E-state index contributed by atoms with van der Waals surface area (Å²) in [6.07, 6.45) is 0. The predicted octanol–water partition coefficient (Wildman–Crippen LogP) is 0.806. The second kappa shape index (κ2) is 8.86. The van der Waals surface area contributed by atoms with E-state index in [2.05, 4.69) is 5.32 Å². The Hall–Kier alpha value is -2.55. The smallest absolute Gasteiger partial charge is 0.282 e. The zero-order valence-corrected chi connectivity index (χ0v) is 17.4. The Morgan fingerprint density at radius 2 is 1.59 bits per heavy atom. The van der Waals surface area contributed by atoms with Gasteiger partial charge in [-0.05, 0) is 50.2 Å². The maximum absolute atomic E-state index is 12.7. The summed E-state index contributed by atoms with van der Waals surface area (Å²) in [7, 11) is -3.50. The number of hydrogen-bond donors (Lipinski definition) is 2. The summed E-state index contributed by atoms with van der Waals surface area (Å²) < 4.78 is 26.9. The van der Waals surface area contributed by atoms with Gasteiger partial charge in [-0.2, -0.15) is 4.31 Å². The molecule has 1 heterocycles. The molecule has 1 amide bonds. The summed E-state index contributed by atoms with van der Waals surface area (Å²) in [5, 5.41) is 2.87. The van der Waals surface area contributed by atoms with E-state index in [-0.39, 0.29) is 17.7 Å². The average Bonchev–Trinajstić information content (AvgIpc) is 2.74. The number of rotatable bonds is 6. The van der Waals surface area contributed by atoms with Crippen LogP contribution in [0, 0.1) is 0 Å². The van der Waals surface area contributed by atoms with Gasteiger partial charge in [-0.3, -0.25) is 9.59 Å². The van der Waals surface area contributed by atoms with E-state index in [1.165, 1.54) is 11.2 Å². The molecular formula is C21H26N3O4S+. The zero-order chi connectivity index (χ0) is 21.0. The Morgan fingerprint density at radius 3 is 2.14 bits per heavy atom. The lowest BCUT2D eigenvalue weighted by Gasteiger charge is -2.34. The van der Waals surface area contributed by atoms with E-state index in [4.69, 9.17) is 0 Å². The van der Waals surface area contributed by atoms with Gasteiger partial charge >= 0.3 is 0 Å². The summed E-state index contributed by atoms with van der Waals surface area (Å²) in [6, 6.07) is 14.9. The van der Waals surface area contributed by atoms with Crippen molar-refractivity contribution in [3.63, 3.8) is 0 Å². The number of carbonyl (C=O) groups is 2. The second-order valence-corrected chi connectivity index (χ2v) is 9.16. The molecule has 0 aliphatic carbocycles. The number of ketones is 1. The van der Waals surface area contributed by atoms with Gasteiger partial charge in [0.2, 0.25) is 10.0 Å². The molecule has 0 unspecified atom stereocenters. The van der Waals surface area contributed by atoms with Crippen LogP contribution in [0.15, 0.2) is 59.5 Å². The molecule has 8 heteroatoms. The Kier molecular flexibility index (Phi) is 6.46. The van der Waals surface area contributed by atoms with E-state index in [1.807, 2.05) is 6.92 Å². The number of amides is 1. The van der Waals surface area contributed by atoms with Crippen LogP contribution in [0.25, 0.3) is 0 Å². The van der Waals surface area contributed by atoms with Crippen LogP contribution in [-0.4, -0.2) is 56.6 Å². The molecule has 1 aliphatic heterocycles. The normalized spacial score (nSPS) is 16.9. The highest BCUT2D eigenvalue weighted by Crippen LogP contribution is 2.15. The van der Waals surface area contributed by atoms with E-state index in [9.17, 15) is 18.0 Å². The highest BCUT2D eigenvalue weighted by molar-refractivity contribution is 7.89. The van der Waals surface area contributed by atoms with Crippen molar-refractivity contribution in [1.82, 2.24) is 4.31 Å². The van der Waals surface area contributed by atoms with Crippen LogP contribution < -0.4 is 10.2 Å². The Balaban J connectivity index is 1.57. The van der Waals surface area contributed by atoms with Crippen LogP contribution in [0.4, 0.5) is 5.69 Å². The van der Waals surface area contributed by atoms with E-state index >= 15 is 0 Å². The van der Waals surface area contributed by atoms with Gasteiger partial charge in [0.25, 0.3) is 5.91 Å². The molecule has 0 bridgehead atoms. The molecular weight excluding hydrogens is 390 g/mol. The minimum absolute atomic E-state index is 0.0241. The maximum Gasteiger partial charge on any atom is 0.282 e. The molecule has 1 fully saturated rings. The Bertz CT molecular complexity index is 967. The number of anilines is 1. The topological polar surface area (TPSA) is 88.0 Å². The van der Waals surface area contributed by atoms with Crippen molar-refractivity contribution in [3.05, 3.63) is 60.2 Å². The van der Waals surface area contributed by atoms with Gasteiger partial charge in [0.15, 0.2) is 11.8 Å². The van der Waals surface area contributed by atoms with Crippen molar-refractivity contribution in [2.75, 3.05) is 31.5 Å². The fourth-order valence-corrected chi connectivity index (χ4v) is 4.88. The molecule has 2 aromatic carbocycles. The standard InChI is InChI=1S/C21H25N3O4S/c1-16(21(26)22-19-10-8-18(9-11-19)17(2)25)23-12-14-24(15-13-23)29(27,28)20-6-4-3-5-7-20/h3-11,16H,12-15H2,1-2H3,(H,22,26)/p+1/t16-/m1/s1. The number of carbonyl (C=O) groups excluding carboxylic acids is 2. The van der Waals surface area contributed by atoms with Crippen molar-refractivity contribution >= 4 is 27.4 Å². The zero-order valence-electron chi connectivity index (χ0n) is 16.6. The number of quaternary nitrogens is 1. The minimum atomic E-state index is -3.50. The van der Waals surface area contributed by atoms with Crippen LogP contribution in [0.2, 0.25) is 0 Å². The second-order valence-electron chi connectivity index (χ2n) is 7.22. The molecule has 1 atom stereocenters. The quantitative estimate of drug-likeness (QED) is 0.682. The highest BCUT2D eigenvalue weighted by Gasteiger charge is 2.34. The van der Waals surface area contributed by atoms with Gasteiger partial charge in [0, 0.05) is 11.3 Å². The molecule has 154 valence electrons. The fourth-order valence-electron chi connectivity index (χ4n) is 3.41. The van der Waals surface area contributed by atoms with Crippen LogP contribution in [-0.2, 0) is 14.8 Å². The van der Waals surface area contributed by atoms with Gasteiger partial charge < -0.3 is 10.2 Å². The third kappa shape index (κ3) is 4.90. The highest BCUT2D eigenvalue weighted by atomic mass is 32.2. The van der Waals surface area contributed by atoms with Gasteiger partial charge in [0.1, 0.15) is 0 Å². The van der Waals surface area contributed by atoms with Crippen molar-refractivity contribution in [2.45, 2.75) is 24.8 Å². The number of piperazine rings is 1. The Labute approximate surface area is 171 Å². The molecule has 0 spiro atoms. The van der Waals surface area contributed by atoms with Crippen LogP contribution >= 0.6 is 0 Å². The summed E-state index contributed by atoms with van der Waals surface area (Å²) in [6.45, 7) is 5.20. The lowest BCUT2D eigenvalue weighted by atomic mass is 10.1. The van der Waals surface area contributed by atoms with Crippen LogP contribution in [0.3, 0.4) is 0 Å². The predicted molar refractivity (Wildman–Crippen MR) is 110 cm³/mol. The van der Waals surface area contributed by atoms with E-state index in [0.29, 0.717) is 42.3 Å². The average molecular weight is 417 g/mol. The molecule has 1 saturated heterocycles. The minimum Gasteiger partial charge on any atom is -0.323 e. The first-order valence-corrected chi connectivity index (χ1v) is 11.0. The number of sulfonamides is 1. The third-order valence-electron chi connectivity index (χ3n) is 5.31. The number of Topliss-reactive ketones (excluding diaryl/α,β-unsaturated/α-hetero) is 1. The van der Waals surface area contributed by atoms with Crippen molar-refractivity contribution < 1.29 is 22.9 Å². The van der Waals surface area contributed by atoms with Gasteiger partial charge in [-0.25, -0.2) is 8.42 Å². The summed E-state index contributed by atoms with van der Waals surface area (Å²) >= 11 is 0. The molecule has 0 aromatic heterocycles. The van der Waals surface area contributed by atoms with Crippen LogP contribution in [0.1, 0.15) is 24.2 Å². The molecule has 0 radical (unpaired) electrons. The SMILES string of the molecule is CC(=O)c1ccc(NC(=O)[C@@H](C)[NH+]2CCN(S(=O)(=O)c3ccccc3)CC2)cc1. The summed E-state index contributed by atoms with van der Waals surface area (Å²) in [5.74, 6) is -0.154. The molecule has 2 aromatic rings. The molecule has 3 rings (SSSR count). The van der Waals surface area contributed by atoms with E-state index < -0.39 is 10.0 Å². The Morgan fingerprint density at radius 1 is 1.00 bits per heavy atom. The maximum atomic E-state index is 12.7. The lowest BCUT2D eigenvalue weighted by molar-refractivity contribution is -0.917. The summed E-state index contributed by atoms with van der Waals surface area (Å²) in [5.41, 5.74) is 1.23. The van der Waals surface area contributed by atoms with Gasteiger partial charge in [-0.1, -0.05) is 18.2 Å². The van der Waals surface area contributed by atoms with Gasteiger partial charge in [0.05, 0.1) is 31.1 Å². The number of hydrogen-bond acceptors (Lipinski definition) is 4. The fraction of sp³-hybridized carbons (Fsp3) is 0.333. The first kappa shape index (κ1) is 21.2. The lowest BCUT2D eigenvalue weighted by Crippen LogP contribution is -3.19. The molecule has 29 heavy (non-hydrogen) atoms. The van der Waals surface area contributed by atoms with Gasteiger partial charge in [-0.15, -0.1) is 0 Å². The molecule has 7 nitrogen and oxygen atoms in total. The molecule has 0 saturated carbocycles. The first-order valence-electron chi connectivity index (χ1n) is 9.60. The number of nitrogens with one attached hydrogen (secondary N) is 2. The number of benzene rings is 2. The summed E-state index contributed by atoms with van der Waals surface area (Å²) in [4.78, 5) is 25.3. The monoisotopic (exact) mass is 416 g/mol. The molecule has 1 aliphatic rings. The van der Waals surface area contributed by atoms with Crippen molar-refractivity contribution in [3.8, 4) is 0 Å². The molecule has 2 N–H and O–H groups in total. The number of nitrogens with zero attached hydrogens (tertiary/aromatic N) is 1. The first-order chi connectivity index (χ1) is 13.8. The largest absolute Gasteiger partial charge is 0.323 e.